The Morgan fingerprint density at radius 1 is 0.690 bits per heavy atom. The monoisotopic (exact) mass is 606 g/mol. The van der Waals surface area contributed by atoms with Gasteiger partial charge in [-0.05, 0) is 32.1 Å². The third kappa shape index (κ3) is 12.4. The maximum absolute atomic E-state index is 12.2. The summed E-state index contributed by atoms with van der Waals surface area (Å²) >= 11 is 0. The van der Waals surface area contributed by atoms with E-state index in [4.69, 9.17) is 18.9 Å². The summed E-state index contributed by atoms with van der Waals surface area (Å²) in [5, 5.41) is 70.2. The highest BCUT2D eigenvalue weighted by molar-refractivity contribution is 5.69. The van der Waals surface area contributed by atoms with Gasteiger partial charge < -0.3 is 54.7 Å². The lowest BCUT2D eigenvalue weighted by atomic mass is 9.97. The van der Waals surface area contributed by atoms with Gasteiger partial charge in [0.25, 0.3) is 0 Å². The fourth-order valence-corrected chi connectivity index (χ4v) is 5.14. The molecule has 246 valence electrons. The first-order valence-electron chi connectivity index (χ1n) is 15.7. The zero-order chi connectivity index (χ0) is 30.9. The summed E-state index contributed by atoms with van der Waals surface area (Å²) in [6.45, 7) is 1.12. The molecule has 0 aromatic heterocycles. The minimum absolute atomic E-state index is 0.191. The van der Waals surface area contributed by atoms with E-state index >= 15 is 0 Å². The smallest absolute Gasteiger partial charge is 0.305 e. The number of carbonyl (C=O) groups is 1. The maximum atomic E-state index is 12.2. The Morgan fingerprint density at radius 2 is 1.29 bits per heavy atom. The van der Waals surface area contributed by atoms with Gasteiger partial charge in [0.2, 0.25) is 0 Å². The highest BCUT2D eigenvalue weighted by atomic mass is 16.7. The Balaban J connectivity index is 1.62. The molecule has 42 heavy (non-hydrogen) atoms. The van der Waals surface area contributed by atoms with E-state index in [1.54, 1.807) is 0 Å². The molecule has 0 bridgehead atoms. The number of aliphatic hydroxyl groups excluding tert-OH is 7. The largest absolute Gasteiger partial charge is 0.463 e. The molecule has 2 rings (SSSR count). The topological polar surface area (TPSA) is 196 Å². The van der Waals surface area contributed by atoms with Crippen molar-refractivity contribution in [3.8, 4) is 0 Å². The molecule has 2 aliphatic rings. The number of allylic oxidation sites excluding steroid dienone is 2. The molecule has 0 saturated carbocycles. The molecule has 0 radical (unpaired) electrons. The number of esters is 1. The second kappa shape index (κ2) is 20.7. The molecule has 0 aromatic rings. The zero-order valence-electron chi connectivity index (χ0n) is 24.9. The first-order valence-corrected chi connectivity index (χ1v) is 15.7. The molecule has 0 amide bonds. The van der Waals surface area contributed by atoms with Crippen LogP contribution in [0.1, 0.15) is 96.8 Å². The number of carbonyl (C=O) groups excluding carboxylic acids is 1. The number of hydrogen-bond acceptors (Lipinski definition) is 12. The van der Waals surface area contributed by atoms with Gasteiger partial charge in [-0.25, -0.2) is 0 Å². The molecular weight excluding hydrogens is 552 g/mol. The SMILES string of the molecule is CCCCCCCCC=CCCCCCCCC(=O)OC[C@H]1O[C@@H](O[C@H]2[C@H](O)[C@@H](O)[C@@H](O)O[C@@H]2CO)[C@H](O)[C@@H](O)[C@H]1O. The van der Waals surface area contributed by atoms with Crippen LogP contribution in [0, 0.1) is 0 Å². The normalized spacial score (nSPS) is 33.7. The van der Waals surface area contributed by atoms with Crippen molar-refractivity contribution >= 4 is 5.97 Å². The third-order valence-corrected chi connectivity index (χ3v) is 7.85. The van der Waals surface area contributed by atoms with Crippen LogP contribution in [0.25, 0.3) is 0 Å². The quantitative estimate of drug-likeness (QED) is 0.0595. The highest BCUT2D eigenvalue weighted by Crippen LogP contribution is 2.29. The van der Waals surface area contributed by atoms with Crippen molar-refractivity contribution in [1.82, 2.24) is 0 Å². The van der Waals surface area contributed by atoms with Gasteiger partial charge in [0.1, 0.15) is 55.4 Å². The molecule has 12 nitrogen and oxygen atoms in total. The molecule has 12 heteroatoms. The van der Waals surface area contributed by atoms with E-state index in [2.05, 4.69) is 19.1 Å². The first-order chi connectivity index (χ1) is 20.2. The van der Waals surface area contributed by atoms with Crippen LogP contribution in [0.2, 0.25) is 0 Å². The van der Waals surface area contributed by atoms with E-state index < -0.39 is 80.6 Å². The number of hydrogen-bond donors (Lipinski definition) is 7. The summed E-state index contributed by atoms with van der Waals surface area (Å²) < 4.78 is 21.2. The van der Waals surface area contributed by atoms with E-state index in [0.717, 1.165) is 38.5 Å². The lowest BCUT2D eigenvalue weighted by Crippen LogP contribution is -2.64. The van der Waals surface area contributed by atoms with Crippen molar-refractivity contribution in [2.24, 2.45) is 0 Å². The standard InChI is InChI=1S/C30H54O12/c1-2-3-4-5-6-7-8-9-10-11-12-13-14-15-16-17-22(32)39-19-21-23(33)24(34)27(37)30(41-21)42-28-20(18-31)40-29(38)26(36)25(28)35/h9-10,20-21,23-31,33-38H,2-8,11-19H2,1H3/t20-,21-,23+,24+,25-,26-,27-,28-,29+,30+/m1/s1. The van der Waals surface area contributed by atoms with Crippen LogP contribution in [-0.4, -0.2) is 116 Å². The molecule has 0 spiro atoms. The van der Waals surface area contributed by atoms with Crippen molar-refractivity contribution < 1.29 is 59.5 Å². The van der Waals surface area contributed by atoms with Crippen molar-refractivity contribution in [3.05, 3.63) is 12.2 Å². The maximum Gasteiger partial charge on any atom is 0.305 e. The average molecular weight is 607 g/mol. The summed E-state index contributed by atoms with van der Waals surface area (Å²) in [5.74, 6) is -0.491. The Kier molecular flexibility index (Phi) is 18.2. The molecular formula is C30H54O12. The number of rotatable bonds is 20. The summed E-state index contributed by atoms with van der Waals surface area (Å²) in [6.07, 6.45) is 3.67. The lowest BCUT2D eigenvalue weighted by Gasteiger charge is -2.45. The third-order valence-electron chi connectivity index (χ3n) is 7.85. The van der Waals surface area contributed by atoms with Crippen LogP contribution >= 0.6 is 0 Å². The molecule has 2 saturated heterocycles. The van der Waals surface area contributed by atoms with Gasteiger partial charge in [-0.3, -0.25) is 4.79 Å². The Bertz CT molecular complexity index is 750. The number of unbranched alkanes of at least 4 members (excludes halogenated alkanes) is 11. The molecule has 0 aliphatic carbocycles. The summed E-state index contributed by atoms with van der Waals surface area (Å²) in [5.41, 5.74) is 0. The minimum Gasteiger partial charge on any atom is -0.463 e. The molecule has 2 heterocycles. The predicted molar refractivity (Wildman–Crippen MR) is 152 cm³/mol. The van der Waals surface area contributed by atoms with E-state index in [1.165, 1.54) is 38.5 Å². The molecule has 2 fully saturated rings. The van der Waals surface area contributed by atoms with Gasteiger partial charge in [0, 0.05) is 6.42 Å². The van der Waals surface area contributed by atoms with Crippen molar-refractivity contribution in [2.75, 3.05) is 13.2 Å². The number of aliphatic hydroxyl groups is 7. The minimum atomic E-state index is -1.77. The van der Waals surface area contributed by atoms with Crippen LogP contribution in [0.15, 0.2) is 12.2 Å². The second-order valence-corrected chi connectivity index (χ2v) is 11.4. The van der Waals surface area contributed by atoms with Crippen LogP contribution in [0.4, 0.5) is 0 Å². The van der Waals surface area contributed by atoms with Gasteiger partial charge in [-0.2, -0.15) is 0 Å². The lowest BCUT2D eigenvalue weighted by molar-refractivity contribution is -0.355. The Labute approximate surface area is 249 Å². The van der Waals surface area contributed by atoms with Crippen LogP contribution in [0.5, 0.6) is 0 Å². The highest BCUT2D eigenvalue weighted by Gasteiger charge is 2.50. The van der Waals surface area contributed by atoms with Crippen molar-refractivity contribution in [3.63, 3.8) is 0 Å². The Morgan fingerprint density at radius 3 is 1.90 bits per heavy atom. The molecule has 2 aliphatic heterocycles. The fraction of sp³-hybridized carbons (Fsp3) is 0.900. The summed E-state index contributed by atoms with van der Waals surface area (Å²) in [6, 6.07) is 0. The van der Waals surface area contributed by atoms with E-state index in [9.17, 15) is 40.5 Å². The predicted octanol–water partition coefficient (Wildman–Crippen LogP) is 1.19. The molecule has 0 aromatic carbocycles. The Hall–Kier alpha value is -1.19. The van der Waals surface area contributed by atoms with Gasteiger partial charge in [-0.15, -0.1) is 0 Å². The van der Waals surface area contributed by atoms with Crippen LogP contribution in [0.3, 0.4) is 0 Å². The fourth-order valence-electron chi connectivity index (χ4n) is 5.14. The van der Waals surface area contributed by atoms with Gasteiger partial charge in [-0.1, -0.05) is 70.4 Å². The van der Waals surface area contributed by atoms with Gasteiger partial charge in [0.15, 0.2) is 12.6 Å². The second-order valence-electron chi connectivity index (χ2n) is 11.4. The first kappa shape index (κ1) is 37.0. The summed E-state index contributed by atoms with van der Waals surface area (Å²) in [4.78, 5) is 12.2. The molecule has 10 atom stereocenters. The molecule has 0 unspecified atom stereocenters. The van der Waals surface area contributed by atoms with Gasteiger partial charge in [0.05, 0.1) is 6.61 Å². The zero-order valence-corrected chi connectivity index (χ0v) is 24.9. The van der Waals surface area contributed by atoms with E-state index in [-0.39, 0.29) is 6.42 Å². The molecule has 7 N–H and O–H groups in total. The number of ether oxygens (including phenoxy) is 4. The van der Waals surface area contributed by atoms with E-state index in [1.807, 2.05) is 0 Å². The summed E-state index contributed by atoms with van der Waals surface area (Å²) in [7, 11) is 0. The van der Waals surface area contributed by atoms with Gasteiger partial charge >= 0.3 is 5.97 Å². The van der Waals surface area contributed by atoms with Crippen molar-refractivity contribution in [2.45, 2.75) is 158 Å². The van der Waals surface area contributed by atoms with E-state index in [0.29, 0.717) is 6.42 Å². The van der Waals surface area contributed by atoms with Crippen molar-refractivity contribution in [1.29, 1.82) is 0 Å². The average Bonchev–Trinajstić information content (AvgIpc) is 2.98. The van der Waals surface area contributed by atoms with Crippen LogP contribution < -0.4 is 0 Å². The van der Waals surface area contributed by atoms with Crippen LogP contribution in [-0.2, 0) is 23.7 Å².